The van der Waals surface area contributed by atoms with Gasteiger partial charge in [0.2, 0.25) is 0 Å². The van der Waals surface area contributed by atoms with E-state index in [0.717, 1.165) is 38.6 Å². The van der Waals surface area contributed by atoms with E-state index in [1.165, 1.54) is 21.3 Å². The normalized spacial score (nSPS) is 23.7. The molecule has 64 heavy (non-hydrogen) atoms. The Morgan fingerprint density at radius 2 is 1.23 bits per heavy atom. The van der Waals surface area contributed by atoms with Crippen molar-refractivity contribution in [2.75, 3.05) is 47.6 Å². The zero-order valence-corrected chi connectivity index (χ0v) is 34.9. The van der Waals surface area contributed by atoms with Gasteiger partial charge in [0.15, 0.2) is 18.6 Å². The van der Waals surface area contributed by atoms with Crippen molar-refractivity contribution in [1.82, 2.24) is 24.0 Å². The second-order valence-corrected chi connectivity index (χ2v) is 15.4. The van der Waals surface area contributed by atoms with Crippen molar-refractivity contribution in [3.8, 4) is 11.5 Å². The third-order valence-corrected chi connectivity index (χ3v) is 11.6. The fourth-order valence-corrected chi connectivity index (χ4v) is 8.46. The van der Waals surface area contributed by atoms with Crippen LogP contribution >= 0.6 is 0 Å². The van der Waals surface area contributed by atoms with Crippen LogP contribution < -0.4 is 32.0 Å². The standard InChI is InChI=1S/C44H47F4N5O11/c1-59-29-13-9-27(10-14-29)44(26-7-5-4-6-8-26,28-11-15-30(60-2)16-12-28)62-24-33-31(36(45)39(64-33)52-21-18-34(54)49-41(52)57)17-20-51(25-43(46,47)48)23-32-37(56)38(61-3)40(63-32)53-22-19-35(55)50-42(53)58/h4-16,18-19,21-22,31-33,36-40,56H,17,20,23-25H2,1-3H3,(H,49,54,57)(H,50,55,58)/t31-,32-,33-,36-,37-,38-,39-,40-/m1/s1. The number of H-pyrrole nitrogens is 2. The lowest BCUT2D eigenvalue weighted by Gasteiger charge is -2.37. The van der Waals surface area contributed by atoms with E-state index in [2.05, 4.69) is 9.97 Å². The van der Waals surface area contributed by atoms with Gasteiger partial charge in [-0.3, -0.25) is 33.6 Å². The summed E-state index contributed by atoms with van der Waals surface area (Å²) in [5.41, 5.74) is -2.78. The maximum atomic E-state index is 17.0. The number of rotatable bonds is 17. The fraction of sp³-hybridized carbons (Fsp3) is 0.409. The number of hydrogen-bond acceptors (Lipinski definition) is 12. The summed E-state index contributed by atoms with van der Waals surface area (Å²) in [5, 5.41) is 11.2. The number of nitrogens with one attached hydrogen (secondary N) is 2. The first-order chi connectivity index (χ1) is 30.6. The molecule has 4 heterocycles. The van der Waals surface area contributed by atoms with Crippen molar-refractivity contribution in [1.29, 1.82) is 0 Å². The Morgan fingerprint density at radius 1 is 0.719 bits per heavy atom. The summed E-state index contributed by atoms with van der Waals surface area (Å²) in [6.07, 6.45) is -13.1. The van der Waals surface area contributed by atoms with Gasteiger partial charge in [-0.2, -0.15) is 13.2 Å². The number of aliphatic hydroxyl groups excluding tert-OH is 1. The van der Waals surface area contributed by atoms with Gasteiger partial charge in [-0.05, 0) is 53.9 Å². The summed E-state index contributed by atoms with van der Waals surface area (Å²) < 4.78 is 97.1. The van der Waals surface area contributed by atoms with E-state index in [1.54, 1.807) is 24.3 Å². The van der Waals surface area contributed by atoms with Crippen LogP contribution in [0.5, 0.6) is 11.5 Å². The maximum absolute atomic E-state index is 17.0. The molecule has 3 N–H and O–H groups in total. The Balaban J connectivity index is 1.23. The van der Waals surface area contributed by atoms with Crippen molar-refractivity contribution in [2.24, 2.45) is 5.92 Å². The lowest BCUT2D eigenvalue weighted by molar-refractivity contribution is -0.152. The maximum Gasteiger partial charge on any atom is 0.401 e. The number of hydrogen-bond donors (Lipinski definition) is 3. The van der Waals surface area contributed by atoms with Crippen molar-refractivity contribution in [2.45, 2.75) is 61.2 Å². The van der Waals surface area contributed by atoms with Gasteiger partial charge in [0.25, 0.3) is 11.1 Å². The summed E-state index contributed by atoms with van der Waals surface area (Å²) in [7, 11) is 4.27. The molecule has 2 saturated heterocycles. The van der Waals surface area contributed by atoms with Gasteiger partial charge in [0.1, 0.15) is 35.4 Å². The number of aromatic amines is 2. The molecule has 0 unspecified atom stereocenters. The number of halogens is 4. The third-order valence-electron chi connectivity index (χ3n) is 11.6. The van der Waals surface area contributed by atoms with Crippen LogP contribution in [0.2, 0.25) is 0 Å². The molecule has 3 aromatic carbocycles. The van der Waals surface area contributed by atoms with E-state index in [4.69, 9.17) is 28.4 Å². The van der Waals surface area contributed by atoms with E-state index in [0.29, 0.717) is 28.2 Å². The molecule has 7 rings (SSSR count). The van der Waals surface area contributed by atoms with Crippen LogP contribution in [-0.4, -0.2) is 113 Å². The first-order valence-corrected chi connectivity index (χ1v) is 20.2. The van der Waals surface area contributed by atoms with Crippen LogP contribution in [0.25, 0.3) is 0 Å². The third kappa shape index (κ3) is 9.76. The molecule has 20 heteroatoms. The highest BCUT2D eigenvalue weighted by Crippen LogP contribution is 2.45. The Hall–Kier alpha value is -5.90. The summed E-state index contributed by atoms with van der Waals surface area (Å²) in [6, 6.07) is 25.5. The second-order valence-electron chi connectivity index (χ2n) is 15.4. The van der Waals surface area contributed by atoms with Crippen molar-refractivity contribution >= 4 is 0 Å². The molecule has 0 bridgehead atoms. The molecule has 0 amide bonds. The molecule has 342 valence electrons. The zero-order valence-electron chi connectivity index (χ0n) is 34.9. The number of methoxy groups -OCH3 is 3. The van der Waals surface area contributed by atoms with Gasteiger partial charge in [0, 0.05) is 44.1 Å². The molecule has 0 spiro atoms. The van der Waals surface area contributed by atoms with Crippen molar-refractivity contribution < 1.29 is 51.1 Å². The molecule has 16 nitrogen and oxygen atoms in total. The van der Waals surface area contributed by atoms with E-state index < -0.39 is 103 Å². The number of aliphatic hydroxyl groups is 1. The molecule has 2 aliphatic rings. The van der Waals surface area contributed by atoms with Crippen LogP contribution in [0.3, 0.4) is 0 Å². The van der Waals surface area contributed by atoms with Crippen LogP contribution in [0.1, 0.15) is 35.6 Å². The average Bonchev–Trinajstić information content (AvgIpc) is 3.76. The number of nitrogens with zero attached hydrogens (tertiary/aromatic N) is 3. The zero-order chi connectivity index (χ0) is 45.8. The number of aromatic nitrogens is 4. The lowest BCUT2D eigenvalue weighted by atomic mass is 9.80. The lowest BCUT2D eigenvalue weighted by Crippen LogP contribution is -2.45. The quantitative estimate of drug-likeness (QED) is 0.0913. The molecular weight excluding hydrogens is 850 g/mol. The monoisotopic (exact) mass is 897 g/mol. The molecule has 2 aliphatic heterocycles. The van der Waals surface area contributed by atoms with E-state index >= 15 is 4.39 Å². The minimum atomic E-state index is -4.76. The average molecular weight is 898 g/mol. The van der Waals surface area contributed by atoms with E-state index in [1.807, 2.05) is 54.6 Å². The molecular formula is C44H47F4N5O11. The summed E-state index contributed by atoms with van der Waals surface area (Å²) in [4.78, 5) is 54.4. The molecule has 0 saturated carbocycles. The predicted octanol–water partition coefficient (Wildman–Crippen LogP) is 3.49. The predicted molar refractivity (Wildman–Crippen MR) is 221 cm³/mol. The smallest absolute Gasteiger partial charge is 0.401 e. The van der Waals surface area contributed by atoms with Gasteiger partial charge in [0.05, 0.1) is 33.5 Å². The molecule has 2 aromatic heterocycles. The van der Waals surface area contributed by atoms with Crippen LogP contribution in [0.4, 0.5) is 17.6 Å². The molecule has 8 atom stereocenters. The van der Waals surface area contributed by atoms with Crippen molar-refractivity contribution in [3.63, 3.8) is 0 Å². The number of benzene rings is 3. The van der Waals surface area contributed by atoms with Gasteiger partial charge in [-0.25, -0.2) is 14.0 Å². The SMILES string of the molecule is COc1ccc(C(OC[C@H]2O[C@@H](n3ccc(=O)[nH]c3=O)[C@H](F)[C@@H]2CCN(C[C@H]2O[C@@H](n3ccc(=O)[nH]c3=O)[C@H](OC)[C@@H]2O)CC(F)(F)F)(c2ccccc2)c2ccc(OC)cc2)cc1. The van der Waals surface area contributed by atoms with Crippen LogP contribution in [0.15, 0.2) is 123 Å². The highest BCUT2D eigenvalue weighted by atomic mass is 19.4. The Kier molecular flexibility index (Phi) is 14.0. The van der Waals surface area contributed by atoms with Gasteiger partial charge in [-0.15, -0.1) is 0 Å². The highest BCUT2D eigenvalue weighted by molar-refractivity contribution is 5.49. The number of alkyl halides is 4. The van der Waals surface area contributed by atoms with E-state index in [9.17, 15) is 37.5 Å². The first kappa shape index (κ1) is 46.1. The molecule has 2 fully saturated rings. The summed E-state index contributed by atoms with van der Waals surface area (Å²) >= 11 is 0. The van der Waals surface area contributed by atoms with Crippen molar-refractivity contribution in [3.05, 3.63) is 162 Å². The van der Waals surface area contributed by atoms with Crippen LogP contribution in [-0.2, 0) is 24.5 Å². The van der Waals surface area contributed by atoms with E-state index in [-0.39, 0.29) is 13.0 Å². The summed E-state index contributed by atoms with van der Waals surface area (Å²) in [5.74, 6) is -0.0911. The van der Waals surface area contributed by atoms with Crippen LogP contribution in [0, 0.1) is 5.92 Å². The Morgan fingerprint density at radius 3 is 1.73 bits per heavy atom. The Labute approximate surface area is 362 Å². The van der Waals surface area contributed by atoms with Gasteiger partial charge < -0.3 is 33.5 Å². The first-order valence-electron chi connectivity index (χ1n) is 20.2. The minimum Gasteiger partial charge on any atom is -0.497 e. The summed E-state index contributed by atoms with van der Waals surface area (Å²) in [6.45, 7) is -2.83. The fourth-order valence-electron chi connectivity index (χ4n) is 8.46. The largest absolute Gasteiger partial charge is 0.497 e. The van der Waals surface area contributed by atoms with Gasteiger partial charge in [-0.1, -0.05) is 54.6 Å². The second kappa shape index (κ2) is 19.5. The van der Waals surface area contributed by atoms with Gasteiger partial charge >= 0.3 is 17.6 Å². The molecule has 0 radical (unpaired) electrons. The minimum absolute atomic E-state index is 0.289. The Bertz CT molecular complexity index is 2520. The highest BCUT2D eigenvalue weighted by Gasteiger charge is 2.50. The topological polar surface area (TPSA) is 189 Å². The molecule has 5 aromatic rings. The number of ether oxygens (including phenoxy) is 6. The molecule has 0 aliphatic carbocycles.